The molecule has 0 aromatic heterocycles. The van der Waals surface area contributed by atoms with Crippen LogP contribution in [0.25, 0.3) is 0 Å². The molecule has 0 saturated carbocycles. The van der Waals surface area contributed by atoms with Crippen molar-refractivity contribution < 1.29 is 19.5 Å². The lowest BCUT2D eigenvalue weighted by molar-refractivity contribution is -0.142. The van der Waals surface area contributed by atoms with Crippen molar-refractivity contribution in [3.8, 4) is 0 Å². The van der Waals surface area contributed by atoms with Gasteiger partial charge in [-0.2, -0.15) is 0 Å². The molecule has 0 spiro atoms. The number of hydrogen-bond donors (Lipinski definition) is 1. The van der Waals surface area contributed by atoms with Crippen LogP contribution in [0.1, 0.15) is 20.3 Å². The van der Waals surface area contributed by atoms with E-state index in [-0.39, 0.29) is 30.8 Å². The number of rotatable bonds is 4. The molecule has 0 aromatic carbocycles. The maximum Gasteiger partial charge on any atom is 0.317 e. The second-order valence-corrected chi connectivity index (χ2v) is 4.22. The zero-order valence-electron chi connectivity index (χ0n) is 9.64. The topological polar surface area (TPSA) is 77.9 Å². The van der Waals surface area contributed by atoms with Crippen LogP contribution in [0.4, 0.5) is 0 Å². The SMILES string of the molecule is CC(C)N1C(=O)CC(N(C)CC(=O)O)C1=O. The first kappa shape index (κ1) is 12.6. The average molecular weight is 228 g/mol. The van der Waals surface area contributed by atoms with Gasteiger partial charge < -0.3 is 5.11 Å². The summed E-state index contributed by atoms with van der Waals surface area (Å²) in [6.07, 6.45) is 0.0702. The summed E-state index contributed by atoms with van der Waals surface area (Å²) < 4.78 is 0. The van der Waals surface area contributed by atoms with Crippen molar-refractivity contribution in [2.24, 2.45) is 0 Å². The molecule has 1 saturated heterocycles. The van der Waals surface area contributed by atoms with Gasteiger partial charge in [0.2, 0.25) is 11.8 Å². The monoisotopic (exact) mass is 228 g/mol. The van der Waals surface area contributed by atoms with Gasteiger partial charge in [0.1, 0.15) is 0 Å². The van der Waals surface area contributed by atoms with E-state index in [0.717, 1.165) is 0 Å². The van der Waals surface area contributed by atoms with Gasteiger partial charge in [0.25, 0.3) is 0 Å². The second kappa shape index (κ2) is 4.61. The molecule has 1 unspecified atom stereocenters. The fourth-order valence-corrected chi connectivity index (χ4v) is 1.84. The number of carbonyl (C=O) groups is 3. The standard InChI is InChI=1S/C10H16N2O4/c1-6(2)12-8(13)4-7(10(12)16)11(3)5-9(14)15/h6-7H,4-5H2,1-3H3,(H,14,15). The molecule has 6 heteroatoms. The number of aliphatic carboxylic acids is 1. The minimum Gasteiger partial charge on any atom is -0.480 e. The Balaban J connectivity index is 2.75. The molecule has 1 fully saturated rings. The van der Waals surface area contributed by atoms with Gasteiger partial charge >= 0.3 is 5.97 Å². The Labute approximate surface area is 93.8 Å². The highest BCUT2D eigenvalue weighted by atomic mass is 16.4. The number of carboxylic acid groups (broad SMARTS) is 1. The van der Waals surface area contributed by atoms with Crippen LogP contribution >= 0.6 is 0 Å². The number of hydrogen-bond acceptors (Lipinski definition) is 4. The Morgan fingerprint density at radius 3 is 2.50 bits per heavy atom. The van der Waals surface area contributed by atoms with Gasteiger partial charge in [0, 0.05) is 6.04 Å². The molecule has 0 aliphatic carbocycles. The van der Waals surface area contributed by atoms with Gasteiger partial charge in [-0.3, -0.25) is 24.2 Å². The number of likely N-dealkylation sites (tertiary alicyclic amines) is 1. The van der Waals surface area contributed by atoms with Crippen LogP contribution in [0, 0.1) is 0 Å². The maximum atomic E-state index is 11.9. The van der Waals surface area contributed by atoms with E-state index in [1.807, 2.05) is 0 Å². The first-order valence-corrected chi connectivity index (χ1v) is 5.12. The fraction of sp³-hybridized carbons (Fsp3) is 0.700. The molecule has 1 aliphatic rings. The Kier molecular flexibility index (Phi) is 3.64. The van der Waals surface area contributed by atoms with E-state index < -0.39 is 12.0 Å². The smallest absolute Gasteiger partial charge is 0.317 e. The van der Waals surface area contributed by atoms with Gasteiger partial charge in [0.15, 0.2) is 0 Å². The number of carboxylic acids is 1. The highest BCUT2D eigenvalue weighted by Gasteiger charge is 2.42. The number of amides is 2. The van der Waals surface area contributed by atoms with E-state index in [0.29, 0.717) is 0 Å². The lowest BCUT2D eigenvalue weighted by Crippen LogP contribution is -2.44. The molecule has 0 radical (unpaired) electrons. The number of imide groups is 1. The summed E-state index contributed by atoms with van der Waals surface area (Å²) >= 11 is 0. The molecule has 0 bridgehead atoms. The van der Waals surface area contributed by atoms with Crippen molar-refractivity contribution >= 4 is 17.8 Å². The third-order valence-electron chi connectivity index (χ3n) is 2.59. The molecule has 1 aliphatic heterocycles. The lowest BCUT2D eigenvalue weighted by atomic mass is 10.2. The molecule has 1 N–H and O–H groups in total. The number of nitrogens with zero attached hydrogens (tertiary/aromatic N) is 2. The number of likely N-dealkylation sites (N-methyl/N-ethyl adjacent to an activating group) is 1. The molecule has 90 valence electrons. The average Bonchev–Trinajstić information content (AvgIpc) is 2.40. The first-order valence-electron chi connectivity index (χ1n) is 5.12. The van der Waals surface area contributed by atoms with Crippen molar-refractivity contribution in [2.75, 3.05) is 13.6 Å². The molecule has 6 nitrogen and oxygen atoms in total. The van der Waals surface area contributed by atoms with Crippen molar-refractivity contribution in [1.82, 2.24) is 9.80 Å². The molecule has 2 amide bonds. The van der Waals surface area contributed by atoms with Gasteiger partial charge in [-0.25, -0.2) is 0 Å². The predicted octanol–water partition coefficient (Wildman–Crippen LogP) is -0.461. The highest BCUT2D eigenvalue weighted by molar-refractivity contribution is 6.05. The van der Waals surface area contributed by atoms with E-state index in [1.165, 1.54) is 16.8 Å². The molecule has 0 aromatic rings. The Bertz CT molecular complexity index is 327. The van der Waals surface area contributed by atoms with Crippen LogP contribution in [0.5, 0.6) is 0 Å². The highest BCUT2D eigenvalue weighted by Crippen LogP contribution is 2.19. The second-order valence-electron chi connectivity index (χ2n) is 4.22. The third kappa shape index (κ3) is 2.38. The van der Waals surface area contributed by atoms with Crippen LogP contribution < -0.4 is 0 Å². The van der Waals surface area contributed by atoms with E-state index in [1.54, 1.807) is 13.8 Å². The van der Waals surface area contributed by atoms with Crippen molar-refractivity contribution in [2.45, 2.75) is 32.4 Å². The zero-order chi connectivity index (χ0) is 12.5. The Morgan fingerprint density at radius 2 is 2.12 bits per heavy atom. The largest absolute Gasteiger partial charge is 0.480 e. The molecular weight excluding hydrogens is 212 g/mol. The quantitative estimate of drug-likeness (QED) is 0.659. The van der Waals surface area contributed by atoms with E-state index >= 15 is 0 Å². The van der Waals surface area contributed by atoms with Gasteiger partial charge in [-0.15, -0.1) is 0 Å². The summed E-state index contributed by atoms with van der Waals surface area (Å²) in [6.45, 7) is 3.28. The molecule has 1 atom stereocenters. The van der Waals surface area contributed by atoms with E-state index in [9.17, 15) is 14.4 Å². The molecule has 1 heterocycles. The maximum absolute atomic E-state index is 11.9. The third-order valence-corrected chi connectivity index (χ3v) is 2.59. The minimum absolute atomic E-state index is 0.0702. The summed E-state index contributed by atoms with van der Waals surface area (Å²) in [6, 6.07) is -0.811. The van der Waals surface area contributed by atoms with Crippen LogP contribution in [0.2, 0.25) is 0 Å². The molecule has 1 rings (SSSR count). The van der Waals surface area contributed by atoms with Gasteiger partial charge in [-0.05, 0) is 20.9 Å². The van der Waals surface area contributed by atoms with Crippen molar-refractivity contribution in [1.29, 1.82) is 0 Å². The Morgan fingerprint density at radius 1 is 1.56 bits per heavy atom. The lowest BCUT2D eigenvalue weighted by Gasteiger charge is -2.22. The molecular formula is C10H16N2O4. The van der Waals surface area contributed by atoms with Gasteiger partial charge in [0.05, 0.1) is 19.0 Å². The molecule has 16 heavy (non-hydrogen) atoms. The van der Waals surface area contributed by atoms with Gasteiger partial charge in [-0.1, -0.05) is 0 Å². The fourth-order valence-electron chi connectivity index (χ4n) is 1.84. The van der Waals surface area contributed by atoms with Crippen LogP contribution in [0.3, 0.4) is 0 Å². The zero-order valence-corrected chi connectivity index (χ0v) is 9.64. The van der Waals surface area contributed by atoms with Crippen LogP contribution in [-0.2, 0) is 14.4 Å². The first-order chi connectivity index (χ1) is 7.34. The van der Waals surface area contributed by atoms with Crippen molar-refractivity contribution in [3.05, 3.63) is 0 Å². The van der Waals surface area contributed by atoms with Crippen molar-refractivity contribution in [3.63, 3.8) is 0 Å². The summed E-state index contributed by atoms with van der Waals surface area (Å²) in [4.78, 5) is 36.5. The predicted molar refractivity (Wildman–Crippen MR) is 55.7 cm³/mol. The minimum atomic E-state index is -1.01. The normalized spacial score (nSPS) is 21.3. The van der Waals surface area contributed by atoms with Crippen LogP contribution in [-0.4, -0.2) is 58.4 Å². The van der Waals surface area contributed by atoms with Crippen LogP contribution in [0.15, 0.2) is 0 Å². The summed E-state index contributed by atoms with van der Waals surface area (Å²) in [7, 11) is 1.54. The summed E-state index contributed by atoms with van der Waals surface area (Å²) in [5.74, 6) is -1.54. The summed E-state index contributed by atoms with van der Waals surface area (Å²) in [5.41, 5.74) is 0. The van der Waals surface area contributed by atoms with E-state index in [2.05, 4.69) is 0 Å². The number of carbonyl (C=O) groups excluding carboxylic acids is 2. The Hall–Kier alpha value is -1.43. The van der Waals surface area contributed by atoms with E-state index in [4.69, 9.17) is 5.11 Å². The summed E-state index contributed by atoms with van der Waals surface area (Å²) in [5, 5.41) is 8.62.